The first-order valence-corrected chi connectivity index (χ1v) is 39.1. The molecule has 2 aromatic carbocycles. The van der Waals surface area contributed by atoms with Crippen LogP contribution in [-0.4, -0.2) is 49.8 Å². The van der Waals surface area contributed by atoms with Crippen molar-refractivity contribution in [3.8, 4) is 0 Å². The van der Waals surface area contributed by atoms with Crippen LogP contribution in [-0.2, 0) is 0 Å². The molecule has 1 aliphatic heterocycles. The first-order valence-electron chi connectivity index (χ1n) is 12.1. The van der Waals surface area contributed by atoms with E-state index in [1.54, 1.807) is 0 Å². The highest BCUT2D eigenvalue weighted by molar-refractivity contribution is 8.52. The number of hydrogen-bond donors (Lipinski definition) is 0. The quantitative estimate of drug-likeness (QED) is 0.398. The molecule has 3 rings (SSSR count). The Balaban J connectivity index is 2.72. The summed E-state index contributed by atoms with van der Waals surface area (Å²) in [7, 11) is -7.27. The van der Waals surface area contributed by atoms with E-state index in [0.717, 1.165) is 0 Å². The van der Waals surface area contributed by atoms with Crippen molar-refractivity contribution in [1.29, 1.82) is 0 Å². The van der Waals surface area contributed by atoms with Crippen molar-refractivity contribution >= 4 is 60.1 Å². The Hall–Kier alpha value is -0.0418. The van der Waals surface area contributed by atoms with E-state index in [-0.39, 0.29) is 0 Å². The molecule has 7 heteroatoms. The summed E-state index contributed by atoms with van der Waals surface area (Å²) in [5, 5.41) is 3.74. The fourth-order valence-corrected chi connectivity index (χ4v) is 459. The third-order valence-corrected chi connectivity index (χ3v) is 214. The Labute approximate surface area is 198 Å². The van der Waals surface area contributed by atoms with E-state index in [0.29, 0.717) is 0 Å². The van der Waals surface area contributed by atoms with Gasteiger partial charge in [-0.3, -0.25) is 0 Å². The third kappa shape index (κ3) is 2.96. The summed E-state index contributed by atoms with van der Waals surface area (Å²) in [6.45, 7) is 34.2. The Kier molecular flexibility index (Phi) is 6.17. The predicted octanol–water partition coefficient (Wildman–Crippen LogP) is 6.06. The van der Waals surface area contributed by atoms with Crippen LogP contribution in [0.5, 0.6) is 0 Å². The maximum absolute atomic E-state index is 2.85. The molecule has 0 N–H and O–H groups in total. The minimum atomic E-state index is -1.78. The molecule has 0 aliphatic carbocycles. The molecular weight excluding hydrogens is 485 g/mol. The molecule has 1 fully saturated rings. The lowest BCUT2D eigenvalue weighted by Gasteiger charge is -2.50. The van der Waals surface area contributed by atoms with Crippen molar-refractivity contribution in [2.24, 2.45) is 0 Å². The highest BCUT2D eigenvalue weighted by atomic mass is 30.7. The first-order chi connectivity index (χ1) is 14.0. The fourth-order valence-electron chi connectivity index (χ4n) is 9.72. The van der Waals surface area contributed by atoms with Crippen LogP contribution in [0.4, 0.5) is 0 Å². The van der Waals surface area contributed by atoms with Crippen molar-refractivity contribution in [2.75, 3.05) is 0 Å². The topological polar surface area (TPSA) is 0 Å². The predicted molar refractivity (Wildman–Crippen MR) is 163 cm³/mol. The molecule has 0 spiro atoms. The van der Waals surface area contributed by atoms with Crippen molar-refractivity contribution in [3.63, 3.8) is 0 Å². The van der Waals surface area contributed by atoms with Gasteiger partial charge in [0.25, 0.3) is 0 Å². The van der Waals surface area contributed by atoms with Crippen LogP contribution in [0.1, 0.15) is 0 Å². The standard InChI is InChI=1S/C24H46Si7/c1-25(2,3)30(26(4,5)6)29(23-19-15-13-16-20-23,24-21-17-14-18-22-24)31(30,27(7,8)9)28(10,11)12/h13-22H,1-12H3. The van der Waals surface area contributed by atoms with E-state index >= 15 is 0 Å². The van der Waals surface area contributed by atoms with E-state index in [1.807, 2.05) is 10.4 Å². The van der Waals surface area contributed by atoms with Gasteiger partial charge in [-0.15, -0.1) is 0 Å². The number of benzene rings is 2. The second kappa shape index (κ2) is 7.48. The third-order valence-electron chi connectivity index (χ3n) is 8.54. The molecule has 170 valence electrons. The van der Waals surface area contributed by atoms with Crippen LogP contribution in [0.15, 0.2) is 60.7 Å². The van der Waals surface area contributed by atoms with E-state index in [9.17, 15) is 0 Å². The summed E-state index contributed by atoms with van der Waals surface area (Å²) in [5.41, 5.74) is 0. The molecule has 1 saturated heterocycles. The Morgan fingerprint density at radius 1 is 0.387 bits per heavy atom. The molecule has 0 amide bonds. The highest BCUT2D eigenvalue weighted by Crippen LogP contribution is 2.65. The maximum atomic E-state index is 2.85. The minimum Gasteiger partial charge on any atom is -0.0720 e. The Morgan fingerprint density at radius 3 is 0.806 bits per heavy atom. The smallest absolute Gasteiger partial charge is 0.0720 e. The lowest BCUT2D eigenvalue weighted by atomic mass is 10.4. The molecule has 0 radical (unpaired) electrons. The second-order valence-corrected chi connectivity index (χ2v) is 97.6. The zero-order valence-corrected chi connectivity index (χ0v) is 29.3. The van der Waals surface area contributed by atoms with Gasteiger partial charge in [-0.2, -0.15) is 0 Å². The van der Waals surface area contributed by atoms with E-state index in [4.69, 9.17) is 0 Å². The summed E-state index contributed by atoms with van der Waals surface area (Å²) >= 11 is 0. The molecule has 0 bridgehead atoms. The molecular formula is C24H46Si7. The summed E-state index contributed by atoms with van der Waals surface area (Å²) in [6, 6.07) is 24.5. The lowest BCUT2D eigenvalue weighted by molar-refractivity contribution is 1.73. The molecule has 0 atom stereocenters. The average molecular weight is 531 g/mol. The maximum Gasteiger partial charge on any atom is 0.0897 e. The largest absolute Gasteiger partial charge is 0.0897 e. The van der Waals surface area contributed by atoms with Crippen molar-refractivity contribution in [3.05, 3.63) is 60.7 Å². The summed E-state index contributed by atoms with van der Waals surface area (Å²) < 4.78 is 0. The van der Waals surface area contributed by atoms with Crippen LogP contribution >= 0.6 is 0 Å². The van der Waals surface area contributed by atoms with Crippen molar-refractivity contribution in [2.45, 2.75) is 78.6 Å². The van der Waals surface area contributed by atoms with Gasteiger partial charge in [-0.25, -0.2) is 0 Å². The molecule has 0 nitrogen and oxygen atoms in total. The van der Waals surface area contributed by atoms with Gasteiger partial charge in [0.1, 0.15) is 0 Å². The summed E-state index contributed by atoms with van der Waals surface area (Å²) in [6.07, 6.45) is -2.98. The number of rotatable bonds is 6. The monoisotopic (exact) mass is 530 g/mol. The SMILES string of the molecule is C[Si](C)(C)[Si]1([Si](C)(C)C)[Si](c2ccccc2)(c2ccccc2)[Si]1([Si](C)(C)C)[Si](C)(C)C. The molecule has 2 aromatic rings. The van der Waals surface area contributed by atoms with E-state index in [1.165, 1.54) is 0 Å². The molecule has 0 unspecified atom stereocenters. The first kappa shape index (κ1) is 25.6. The van der Waals surface area contributed by atoms with Crippen LogP contribution in [0.25, 0.3) is 0 Å². The molecule has 1 aliphatic rings. The molecule has 0 saturated carbocycles. The van der Waals surface area contributed by atoms with E-state index < -0.39 is 49.8 Å². The van der Waals surface area contributed by atoms with Gasteiger partial charge in [0.15, 0.2) is 0 Å². The summed E-state index contributed by atoms with van der Waals surface area (Å²) in [5.74, 6) is 0. The van der Waals surface area contributed by atoms with E-state index in [2.05, 4.69) is 139 Å². The van der Waals surface area contributed by atoms with Gasteiger partial charge in [-0.05, 0) is 0 Å². The molecule has 31 heavy (non-hydrogen) atoms. The summed E-state index contributed by atoms with van der Waals surface area (Å²) in [4.78, 5) is 0. The van der Waals surface area contributed by atoms with Gasteiger partial charge in [-0.1, -0.05) is 150 Å². The van der Waals surface area contributed by atoms with Crippen molar-refractivity contribution < 1.29 is 0 Å². The zero-order valence-electron chi connectivity index (χ0n) is 22.3. The second-order valence-electron chi connectivity index (χ2n) is 14.0. The van der Waals surface area contributed by atoms with Gasteiger partial charge in [0, 0.05) is 42.7 Å². The minimum absolute atomic E-state index is 1.37. The zero-order chi connectivity index (χ0) is 23.7. The van der Waals surface area contributed by atoms with Gasteiger partial charge in [0.2, 0.25) is 0 Å². The van der Waals surface area contributed by atoms with Gasteiger partial charge < -0.3 is 0 Å². The van der Waals surface area contributed by atoms with Crippen LogP contribution in [0.2, 0.25) is 78.6 Å². The molecule has 1 heterocycles. The molecule has 0 aromatic heterocycles. The van der Waals surface area contributed by atoms with Gasteiger partial charge >= 0.3 is 0 Å². The van der Waals surface area contributed by atoms with Crippen LogP contribution in [0.3, 0.4) is 0 Å². The highest BCUT2D eigenvalue weighted by Gasteiger charge is 3.00. The Bertz CT molecular complexity index is 819. The average Bonchev–Trinajstić information content (AvgIpc) is 3.27. The number of hydrogen-bond acceptors (Lipinski definition) is 0. The fraction of sp³-hybridized carbons (Fsp3) is 0.500. The van der Waals surface area contributed by atoms with Crippen LogP contribution < -0.4 is 10.4 Å². The Morgan fingerprint density at radius 2 is 0.613 bits per heavy atom. The van der Waals surface area contributed by atoms with Crippen LogP contribution in [0, 0.1) is 0 Å². The lowest BCUT2D eigenvalue weighted by Crippen LogP contribution is -2.79. The normalized spacial score (nSPS) is 20.4. The van der Waals surface area contributed by atoms with Gasteiger partial charge in [0.05, 0.1) is 7.11 Å². The van der Waals surface area contributed by atoms with Crippen molar-refractivity contribution in [1.82, 2.24) is 0 Å².